The molecule has 1 N–H and O–H groups in total. The van der Waals surface area contributed by atoms with Crippen molar-refractivity contribution in [2.24, 2.45) is 0 Å². The largest absolute Gasteiger partial charge is 0.357 e. The monoisotopic (exact) mass is 349 g/mol. The van der Waals surface area contributed by atoms with Gasteiger partial charge >= 0.3 is 0 Å². The van der Waals surface area contributed by atoms with E-state index in [4.69, 9.17) is 0 Å². The van der Waals surface area contributed by atoms with Gasteiger partial charge in [-0.05, 0) is 50.5 Å². The number of imidazole rings is 1. The first-order chi connectivity index (χ1) is 12.7. The van der Waals surface area contributed by atoms with Gasteiger partial charge in [0.1, 0.15) is 11.9 Å². The quantitative estimate of drug-likeness (QED) is 0.781. The Hall–Kier alpha value is -2.89. The van der Waals surface area contributed by atoms with Crippen LogP contribution in [0.15, 0.2) is 48.9 Å². The van der Waals surface area contributed by atoms with Gasteiger partial charge in [-0.3, -0.25) is 4.79 Å². The van der Waals surface area contributed by atoms with Gasteiger partial charge in [-0.1, -0.05) is 12.1 Å². The van der Waals surface area contributed by atoms with Gasteiger partial charge in [0.05, 0.1) is 29.2 Å². The van der Waals surface area contributed by atoms with Crippen molar-refractivity contribution in [2.45, 2.75) is 32.2 Å². The topological polar surface area (TPSA) is 63.1 Å². The number of benzene rings is 1. The lowest BCUT2D eigenvalue weighted by Gasteiger charge is -2.27. The zero-order chi connectivity index (χ0) is 17.9. The minimum absolute atomic E-state index is 0.0827. The fourth-order valence-electron chi connectivity index (χ4n) is 3.43. The second-order valence-corrected chi connectivity index (χ2v) is 6.76. The van der Waals surface area contributed by atoms with E-state index in [1.165, 1.54) is 19.3 Å². The highest BCUT2D eigenvalue weighted by Gasteiger charge is 2.18. The van der Waals surface area contributed by atoms with Gasteiger partial charge in [-0.2, -0.15) is 0 Å². The number of hydrogen-bond donors (Lipinski definition) is 1. The lowest BCUT2D eigenvalue weighted by atomic mass is 10.1. The van der Waals surface area contributed by atoms with Crippen molar-refractivity contribution in [1.82, 2.24) is 14.5 Å². The molecule has 0 saturated carbocycles. The smallest absolute Gasteiger partial charge is 0.247 e. The number of carbonyl (C=O) groups excluding carboxylic acids is 1. The molecule has 1 saturated heterocycles. The van der Waals surface area contributed by atoms with Crippen LogP contribution >= 0.6 is 0 Å². The first-order valence-corrected chi connectivity index (χ1v) is 9.16. The van der Waals surface area contributed by atoms with Crippen LogP contribution in [0, 0.1) is 0 Å². The van der Waals surface area contributed by atoms with Gasteiger partial charge in [0.2, 0.25) is 5.91 Å². The second kappa shape index (κ2) is 7.15. The maximum absolute atomic E-state index is 12.6. The summed E-state index contributed by atoms with van der Waals surface area (Å²) in [4.78, 5) is 23.8. The molecule has 0 spiro atoms. The zero-order valence-corrected chi connectivity index (χ0v) is 14.9. The van der Waals surface area contributed by atoms with E-state index >= 15 is 0 Å². The van der Waals surface area contributed by atoms with Crippen molar-refractivity contribution in [1.29, 1.82) is 0 Å². The molecule has 6 nitrogen and oxygen atoms in total. The molecular formula is C20H23N5O. The van der Waals surface area contributed by atoms with Crippen LogP contribution in [0.4, 0.5) is 11.5 Å². The van der Waals surface area contributed by atoms with Crippen LogP contribution in [0.3, 0.4) is 0 Å². The van der Waals surface area contributed by atoms with E-state index in [0.717, 1.165) is 29.9 Å². The van der Waals surface area contributed by atoms with Crippen molar-refractivity contribution in [3.05, 3.63) is 48.9 Å². The molecule has 1 aliphatic rings. The third-order valence-electron chi connectivity index (χ3n) is 4.97. The van der Waals surface area contributed by atoms with E-state index in [9.17, 15) is 4.79 Å². The summed E-state index contributed by atoms with van der Waals surface area (Å²) in [6.07, 6.45) is 7.19. The van der Waals surface area contributed by atoms with Crippen molar-refractivity contribution in [3.63, 3.8) is 0 Å². The molecule has 0 aliphatic carbocycles. The summed E-state index contributed by atoms with van der Waals surface area (Å²) in [6.45, 7) is 3.99. The number of fused-ring (bicyclic) bond motifs is 1. The SMILES string of the molecule is C[C@@H](C(=O)Nc1ccc(N2CCCCC2)nc1)n1cnc2ccccc21. The molecule has 0 unspecified atom stereocenters. The summed E-state index contributed by atoms with van der Waals surface area (Å²) in [6, 6.07) is 11.4. The molecule has 0 radical (unpaired) electrons. The van der Waals surface area contributed by atoms with Gasteiger partial charge in [-0.25, -0.2) is 9.97 Å². The van der Waals surface area contributed by atoms with Gasteiger partial charge in [-0.15, -0.1) is 0 Å². The van der Waals surface area contributed by atoms with E-state index in [1.807, 2.05) is 47.9 Å². The van der Waals surface area contributed by atoms with Crippen LogP contribution < -0.4 is 10.2 Å². The van der Waals surface area contributed by atoms with Crippen LogP contribution in [0.1, 0.15) is 32.2 Å². The highest BCUT2D eigenvalue weighted by atomic mass is 16.2. The molecule has 6 heteroatoms. The Labute approximate surface area is 152 Å². The number of anilines is 2. The van der Waals surface area contributed by atoms with E-state index in [-0.39, 0.29) is 11.9 Å². The Morgan fingerprint density at radius 3 is 2.65 bits per heavy atom. The van der Waals surface area contributed by atoms with E-state index in [0.29, 0.717) is 5.69 Å². The lowest BCUT2D eigenvalue weighted by Crippen LogP contribution is -2.30. The Balaban J connectivity index is 1.45. The van der Waals surface area contributed by atoms with Crippen LogP contribution in [0.2, 0.25) is 0 Å². The van der Waals surface area contributed by atoms with Crippen molar-refractivity contribution in [2.75, 3.05) is 23.3 Å². The Morgan fingerprint density at radius 1 is 1.08 bits per heavy atom. The van der Waals surface area contributed by atoms with Crippen molar-refractivity contribution in [3.8, 4) is 0 Å². The number of nitrogens with one attached hydrogen (secondary N) is 1. The van der Waals surface area contributed by atoms with Crippen LogP contribution in [-0.2, 0) is 4.79 Å². The maximum atomic E-state index is 12.6. The summed E-state index contributed by atoms with van der Waals surface area (Å²) in [5.41, 5.74) is 2.56. The summed E-state index contributed by atoms with van der Waals surface area (Å²) in [7, 11) is 0. The highest BCUT2D eigenvalue weighted by Crippen LogP contribution is 2.21. The normalized spacial score (nSPS) is 15.8. The van der Waals surface area contributed by atoms with Gasteiger partial charge < -0.3 is 14.8 Å². The molecule has 1 amide bonds. The molecule has 2 aromatic heterocycles. The number of aromatic nitrogens is 3. The summed E-state index contributed by atoms with van der Waals surface area (Å²) < 4.78 is 1.89. The average molecular weight is 349 g/mol. The molecule has 1 aliphatic heterocycles. The summed E-state index contributed by atoms with van der Waals surface area (Å²) >= 11 is 0. The summed E-state index contributed by atoms with van der Waals surface area (Å²) in [5.74, 6) is 0.900. The number of hydrogen-bond acceptors (Lipinski definition) is 4. The highest BCUT2D eigenvalue weighted by molar-refractivity contribution is 5.94. The fourth-order valence-corrected chi connectivity index (χ4v) is 3.43. The number of para-hydroxylation sites is 2. The number of rotatable bonds is 4. The molecule has 26 heavy (non-hydrogen) atoms. The number of amides is 1. The Kier molecular flexibility index (Phi) is 4.56. The maximum Gasteiger partial charge on any atom is 0.247 e. The zero-order valence-electron chi connectivity index (χ0n) is 14.9. The van der Waals surface area contributed by atoms with Crippen molar-refractivity contribution < 1.29 is 4.79 Å². The second-order valence-electron chi connectivity index (χ2n) is 6.76. The van der Waals surface area contributed by atoms with Gasteiger partial charge in [0, 0.05) is 13.1 Å². The van der Waals surface area contributed by atoms with Crippen LogP contribution in [0.25, 0.3) is 11.0 Å². The fraction of sp³-hybridized carbons (Fsp3) is 0.350. The average Bonchev–Trinajstić information content (AvgIpc) is 3.13. The predicted octanol–water partition coefficient (Wildman–Crippen LogP) is 3.62. The van der Waals surface area contributed by atoms with E-state index in [2.05, 4.69) is 20.2 Å². The summed E-state index contributed by atoms with van der Waals surface area (Å²) in [5, 5.41) is 2.96. The molecule has 134 valence electrons. The van der Waals surface area contributed by atoms with E-state index in [1.54, 1.807) is 12.5 Å². The van der Waals surface area contributed by atoms with Gasteiger partial charge in [0.15, 0.2) is 0 Å². The number of pyridine rings is 1. The molecular weight excluding hydrogens is 326 g/mol. The number of carbonyl (C=O) groups is 1. The molecule has 1 atom stereocenters. The minimum atomic E-state index is -0.357. The van der Waals surface area contributed by atoms with Crippen LogP contribution in [-0.4, -0.2) is 33.5 Å². The lowest BCUT2D eigenvalue weighted by molar-refractivity contribution is -0.118. The Morgan fingerprint density at radius 2 is 1.88 bits per heavy atom. The first-order valence-electron chi connectivity index (χ1n) is 9.16. The van der Waals surface area contributed by atoms with Crippen molar-refractivity contribution >= 4 is 28.4 Å². The number of nitrogens with zero attached hydrogens (tertiary/aromatic N) is 4. The van der Waals surface area contributed by atoms with Gasteiger partial charge in [0.25, 0.3) is 0 Å². The minimum Gasteiger partial charge on any atom is -0.357 e. The molecule has 0 bridgehead atoms. The predicted molar refractivity (Wildman–Crippen MR) is 103 cm³/mol. The molecule has 3 aromatic rings. The molecule has 4 rings (SSSR count). The standard InChI is InChI=1S/C20H23N5O/c1-15(25-14-22-17-7-3-4-8-18(17)25)20(26)23-16-9-10-19(21-13-16)24-11-5-2-6-12-24/h3-4,7-10,13-15H,2,5-6,11-12H2,1H3,(H,23,26)/t15-/m0/s1. The third-order valence-corrected chi connectivity index (χ3v) is 4.97. The molecule has 3 heterocycles. The Bertz CT molecular complexity index is 896. The number of piperidine rings is 1. The first kappa shape index (κ1) is 16.6. The third kappa shape index (κ3) is 3.27. The molecule has 1 fully saturated rings. The molecule has 1 aromatic carbocycles. The van der Waals surface area contributed by atoms with E-state index < -0.39 is 0 Å². The van der Waals surface area contributed by atoms with Crippen LogP contribution in [0.5, 0.6) is 0 Å².